The van der Waals surface area contributed by atoms with Crippen molar-refractivity contribution in [1.29, 1.82) is 0 Å². The van der Waals surface area contributed by atoms with Gasteiger partial charge in [-0.3, -0.25) is 4.79 Å². The van der Waals surface area contributed by atoms with Crippen molar-refractivity contribution in [3.05, 3.63) is 0 Å². The predicted octanol–water partition coefficient (Wildman–Crippen LogP) is 1.04. The first-order chi connectivity index (χ1) is 7.45. The minimum absolute atomic E-state index is 0.0829. The van der Waals surface area contributed by atoms with Crippen molar-refractivity contribution < 1.29 is 14.3 Å². The maximum absolute atomic E-state index is 11.5. The van der Waals surface area contributed by atoms with E-state index >= 15 is 0 Å². The molecule has 92 valence electrons. The normalized spacial score (nSPS) is 15.4. The van der Waals surface area contributed by atoms with Crippen LogP contribution in [0.1, 0.15) is 33.6 Å². The van der Waals surface area contributed by atoms with Crippen LogP contribution in [0.25, 0.3) is 0 Å². The quantitative estimate of drug-likeness (QED) is 0.691. The SMILES string of the molecule is CCOC(=O)CNC(=O)NC(C)(C)C1CC1. The Morgan fingerprint density at radius 2 is 2.00 bits per heavy atom. The average Bonchev–Trinajstić information content (AvgIpc) is 2.97. The second-order valence-electron chi connectivity index (χ2n) is 4.61. The van der Waals surface area contributed by atoms with Gasteiger partial charge in [0.1, 0.15) is 6.54 Å². The van der Waals surface area contributed by atoms with Crippen LogP contribution in [0.15, 0.2) is 0 Å². The average molecular weight is 228 g/mol. The third kappa shape index (κ3) is 4.08. The van der Waals surface area contributed by atoms with Gasteiger partial charge < -0.3 is 15.4 Å². The standard InChI is InChI=1S/C11H20N2O3/c1-4-16-9(14)7-12-10(15)13-11(2,3)8-5-6-8/h8H,4-7H2,1-3H3,(H2,12,13,15). The Balaban J connectivity index is 2.22. The molecule has 2 amide bonds. The van der Waals surface area contributed by atoms with Gasteiger partial charge in [-0.1, -0.05) is 0 Å². The zero-order valence-electron chi connectivity index (χ0n) is 10.1. The molecule has 0 heterocycles. The highest BCUT2D eigenvalue weighted by Gasteiger charge is 2.38. The van der Waals surface area contributed by atoms with Crippen molar-refractivity contribution in [3.63, 3.8) is 0 Å². The fraction of sp³-hybridized carbons (Fsp3) is 0.818. The van der Waals surface area contributed by atoms with E-state index in [1.54, 1.807) is 6.92 Å². The molecule has 2 N–H and O–H groups in total. The first-order valence-corrected chi connectivity index (χ1v) is 5.67. The van der Waals surface area contributed by atoms with Crippen LogP contribution in [0, 0.1) is 5.92 Å². The first kappa shape index (κ1) is 12.8. The Morgan fingerprint density at radius 1 is 1.38 bits per heavy atom. The highest BCUT2D eigenvalue weighted by molar-refractivity contribution is 5.81. The van der Waals surface area contributed by atoms with Gasteiger partial charge in [-0.05, 0) is 39.5 Å². The van der Waals surface area contributed by atoms with Gasteiger partial charge >= 0.3 is 12.0 Å². The molecule has 0 saturated heterocycles. The van der Waals surface area contributed by atoms with Crippen molar-refractivity contribution in [1.82, 2.24) is 10.6 Å². The Labute approximate surface area is 95.9 Å². The third-order valence-electron chi connectivity index (χ3n) is 2.73. The van der Waals surface area contributed by atoms with Gasteiger partial charge in [-0.15, -0.1) is 0 Å². The fourth-order valence-electron chi connectivity index (χ4n) is 1.61. The first-order valence-electron chi connectivity index (χ1n) is 5.67. The summed E-state index contributed by atoms with van der Waals surface area (Å²) in [6.45, 7) is 5.97. The smallest absolute Gasteiger partial charge is 0.325 e. The van der Waals surface area contributed by atoms with Crippen LogP contribution in [0.4, 0.5) is 4.79 Å². The number of hydrogen-bond acceptors (Lipinski definition) is 3. The molecule has 0 aliphatic heterocycles. The molecule has 0 unspecified atom stereocenters. The minimum Gasteiger partial charge on any atom is -0.465 e. The van der Waals surface area contributed by atoms with E-state index in [2.05, 4.69) is 10.6 Å². The van der Waals surface area contributed by atoms with E-state index in [1.807, 2.05) is 13.8 Å². The molecule has 16 heavy (non-hydrogen) atoms. The molecule has 5 nitrogen and oxygen atoms in total. The van der Waals surface area contributed by atoms with Gasteiger partial charge in [0, 0.05) is 5.54 Å². The van der Waals surface area contributed by atoms with Crippen LogP contribution in [0.5, 0.6) is 0 Å². The minimum atomic E-state index is -0.415. The van der Waals surface area contributed by atoms with Gasteiger partial charge in [-0.2, -0.15) is 0 Å². The van der Waals surface area contributed by atoms with Crippen LogP contribution in [-0.2, 0) is 9.53 Å². The van der Waals surface area contributed by atoms with Gasteiger partial charge in [0.05, 0.1) is 6.61 Å². The molecule has 0 aromatic carbocycles. The summed E-state index contributed by atoms with van der Waals surface area (Å²) in [6, 6.07) is -0.315. The molecular formula is C11H20N2O3. The second-order valence-corrected chi connectivity index (χ2v) is 4.61. The number of urea groups is 1. The fourth-order valence-corrected chi connectivity index (χ4v) is 1.61. The van der Waals surface area contributed by atoms with E-state index < -0.39 is 5.97 Å². The Kier molecular flexibility index (Phi) is 4.15. The molecule has 1 fully saturated rings. The largest absolute Gasteiger partial charge is 0.465 e. The maximum Gasteiger partial charge on any atom is 0.325 e. The molecule has 0 aromatic rings. The summed E-state index contributed by atoms with van der Waals surface area (Å²) in [7, 11) is 0. The summed E-state index contributed by atoms with van der Waals surface area (Å²) >= 11 is 0. The van der Waals surface area contributed by atoms with Crippen molar-refractivity contribution in [2.75, 3.05) is 13.2 Å². The number of nitrogens with one attached hydrogen (secondary N) is 2. The zero-order chi connectivity index (χ0) is 12.2. The zero-order valence-corrected chi connectivity index (χ0v) is 10.1. The number of carbonyl (C=O) groups is 2. The molecule has 1 aliphatic carbocycles. The summed E-state index contributed by atoms with van der Waals surface area (Å²) in [6.07, 6.45) is 2.32. The Hall–Kier alpha value is -1.26. The third-order valence-corrected chi connectivity index (χ3v) is 2.73. The highest BCUT2D eigenvalue weighted by atomic mass is 16.5. The van der Waals surface area contributed by atoms with E-state index in [0.717, 1.165) is 12.8 Å². The molecule has 0 bridgehead atoms. The lowest BCUT2D eigenvalue weighted by Crippen LogP contribution is -2.50. The monoisotopic (exact) mass is 228 g/mol. The van der Waals surface area contributed by atoms with Crippen molar-refractivity contribution in [2.45, 2.75) is 39.2 Å². The van der Waals surface area contributed by atoms with E-state index in [4.69, 9.17) is 4.74 Å². The lowest BCUT2D eigenvalue weighted by atomic mass is 9.99. The van der Waals surface area contributed by atoms with E-state index in [9.17, 15) is 9.59 Å². The Bertz CT molecular complexity index is 272. The van der Waals surface area contributed by atoms with Gasteiger partial charge in [0.25, 0.3) is 0 Å². The van der Waals surface area contributed by atoms with E-state index in [-0.39, 0.29) is 18.1 Å². The number of ether oxygens (including phenoxy) is 1. The van der Waals surface area contributed by atoms with E-state index in [1.165, 1.54) is 0 Å². The summed E-state index contributed by atoms with van der Waals surface area (Å²) in [4.78, 5) is 22.5. The lowest BCUT2D eigenvalue weighted by molar-refractivity contribution is -0.141. The molecule has 5 heteroatoms. The summed E-state index contributed by atoms with van der Waals surface area (Å²) < 4.78 is 4.70. The van der Waals surface area contributed by atoms with Gasteiger partial charge in [0.15, 0.2) is 0 Å². The summed E-state index contributed by atoms with van der Waals surface area (Å²) in [5.41, 5.74) is -0.196. The van der Waals surface area contributed by atoms with Crippen LogP contribution in [-0.4, -0.2) is 30.7 Å². The lowest BCUT2D eigenvalue weighted by Gasteiger charge is -2.26. The highest BCUT2D eigenvalue weighted by Crippen LogP contribution is 2.38. The molecule has 0 aromatic heterocycles. The molecule has 1 saturated carbocycles. The number of carbonyl (C=O) groups excluding carboxylic acids is 2. The molecular weight excluding hydrogens is 208 g/mol. The molecule has 1 rings (SSSR count). The molecule has 0 spiro atoms. The van der Waals surface area contributed by atoms with Crippen LogP contribution in [0.2, 0.25) is 0 Å². The van der Waals surface area contributed by atoms with Crippen LogP contribution in [0.3, 0.4) is 0 Å². The molecule has 0 atom stereocenters. The van der Waals surface area contributed by atoms with Gasteiger partial charge in [0.2, 0.25) is 0 Å². The molecule has 0 radical (unpaired) electrons. The number of hydrogen-bond donors (Lipinski definition) is 2. The van der Waals surface area contributed by atoms with Crippen molar-refractivity contribution >= 4 is 12.0 Å². The van der Waals surface area contributed by atoms with Crippen LogP contribution < -0.4 is 10.6 Å². The van der Waals surface area contributed by atoms with Gasteiger partial charge in [-0.25, -0.2) is 4.79 Å². The topological polar surface area (TPSA) is 67.4 Å². The number of esters is 1. The number of rotatable bonds is 5. The molecule has 1 aliphatic rings. The van der Waals surface area contributed by atoms with Crippen molar-refractivity contribution in [3.8, 4) is 0 Å². The predicted molar refractivity (Wildman–Crippen MR) is 60.0 cm³/mol. The van der Waals surface area contributed by atoms with E-state index in [0.29, 0.717) is 12.5 Å². The maximum atomic E-state index is 11.5. The summed E-state index contributed by atoms with van der Waals surface area (Å²) in [5, 5.41) is 5.34. The van der Waals surface area contributed by atoms with Crippen molar-refractivity contribution in [2.24, 2.45) is 5.92 Å². The Morgan fingerprint density at radius 3 is 2.50 bits per heavy atom. The summed E-state index contributed by atoms with van der Waals surface area (Å²) in [5.74, 6) is 0.141. The number of amides is 2. The second kappa shape index (κ2) is 5.18. The van der Waals surface area contributed by atoms with Crippen LogP contribution >= 0.6 is 0 Å².